The van der Waals surface area contributed by atoms with Gasteiger partial charge >= 0.3 is 0 Å². The van der Waals surface area contributed by atoms with Gasteiger partial charge < -0.3 is 20.1 Å². The lowest BCUT2D eigenvalue weighted by molar-refractivity contribution is -0.118. The number of methoxy groups -OCH3 is 1. The van der Waals surface area contributed by atoms with E-state index in [1.54, 1.807) is 36.4 Å². The minimum Gasteiger partial charge on any atom is -0.493 e. The summed E-state index contributed by atoms with van der Waals surface area (Å²) >= 11 is 3.33. The number of anilines is 2. The van der Waals surface area contributed by atoms with Crippen molar-refractivity contribution in [2.75, 3.05) is 24.4 Å². The van der Waals surface area contributed by atoms with E-state index in [4.69, 9.17) is 9.47 Å². The van der Waals surface area contributed by atoms with Crippen molar-refractivity contribution < 1.29 is 23.9 Å². The van der Waals surface area contributed by atoms with Gasteiger partial charge in [0.2, 0.25) is 5.91 Å². The van der Waals surface area contributed by atoms with E-state index in [0.29, 0.717) is 28.4 Å². The van der Waals surface area contributed by atoms with E-state index in [2.05, 4.69) is 26.6 Å². The van der Waals surface area contributed by atoms with Crippen LogP contribution in [0, 0.1) is 0 Å². The molecule has 8 heteroatoms. The molecule has 0 bridgehead atoms. The zero-order chi connectivity index (χ0) is 20.0. The van der Waals surface area contributed by atoms with E-state index in [9.17, 15) is 14.4 Å². The van der Waals surface area contributed by atoms with Crippen LogP contribution in [0.4, 0.5) is 11.4 Å². The maximum absolute atomic E-state index is 12.3. The Morgan fingerprint density at radius 3 is 2.33 bits per heavy atom. The summed E-state index contributed by atoms with van der Waals surface area (Å²) in [4.78, 5) is 35.0. The number of ether oxygens (including phenoxy) is 2. The molecule has 27 heavy (non-hydrogen) atoms. The number of ketones is 1. The molecule has 2 N–H and O–H groups in total. The summed E-state index contributed by atoms with van der Waals surface area (Å²) in [6, 6.07) is 9.82. The van der Waals surface area contributed by atoms with E-state index in [1.165, 1.54) is 21.0 Å². The van der Waals surface area contributed by atoms with Crippen LogP contribution in [0.3, 0.4) is 0 Å². The molecule has 0 saturated carbocycles. The number of Topliss-reactive ketones (excluding diaryl/α,β-unsaturated/α-hetero) is 1. The summed E-state index contributed by atoms with van der Waals surface area (Å²) < 4.78 is 11.4. The van der Waals surface area contributed by atoms with Crippen LogP contribution in [0.25, 0.3) is 0 Å². The molecule has 0 spiro atoms. The van der Waals surface area contributed by atoms with E-state index in [-0.39, 0.29) is 18.3 Å². The molecule has 2 aromatic carbocycles. The second kappa shape index (κ2) is 9.18. The fourth-order valence-electron chi connectivity index (χ4n) is 2.25. The topological polar surface area (TPSA) is 93.7 Å². The highest BCUT2D eigenvalue weighted by molar-refractivity contribution is 9.10. The summed E-state index contributed by atoms with van der Waals surface area (Å²) in [6.45, 7) is 2.56. The normalized spacial score (nSPS) is 10.1. The zero-order valence-electron chi connectivity index (χ0n) is 15.1. The van der Waals surface area contributed by atoms with Crippen molar-refractivity contribution in [3.63, 3.8) is 0 Å². The largest absolute Gasteiger partial charge is 0.493 e. The third-order valence-corrected chi connectivity index (χ3v) is 3.99. The summed E-state index contributed by atoms with van der Waals surface area (Å²) in [7, 11) is 1.45. The van der Waals surface area contributed by atoms with Gasteiger partial charge in [-0.3, -0.25) is 14.4 Å². The molecule has 0 aliphatic rings. The van der Waals surface area contributed by atoms with Gasteiger partial charge in [-0.2, -0.15) is 0 Å². The maximum Gasteiger partial charge on any atom is 0.262 e. The molecule has 0 atom stereocenters. The van der Waals surface area contributed by atoms with E-state index in [0.717, 1.165) is 4.47 Å². The summed E-state index contributed by atoms with van der Waals surface area (Å²) in [5.41, 5.74) is 1.40. The molecule has 0 radical (unpaired) electrons. The molecular formula is C19H19BrN2O5. The summed E-state index contributed by atoms with van der Waals surface area (Å²) in [5, 5.41) is 5.34. The summed E-state index contributed by atoms with van der Waals surface area (Å²) in [6.07, 6.45) is 0. The molecule has 0 saturated heterocycles. The number of benzene rings is 2. The number of nitrogens with one attached hydrogen (secondary N) is 2. The molecule has 7 nitrogen and oxygen atoms in total. The van der Waals surface area contributed by atoms with Crippen LogP contribution >= 0.6 is 15.9 Å². The first-order valence-electron chi connectivity index (χ1n) is 7.99. The van der Waals surface area contributed by atoms with Gasteiger partial charge in [0.1, 0.15) is 0 Å². The first kappa shape index (κ1) is 20.4. The quantitative estimate of drug-likeness (QED) is 0.648. The van der Waals surface area contributed by atoms with Crippen molar-refractivity contribution in [2.24, 2.45) is 0 Å². The smallest absolute Gasteiger partial charge is 0.262 e. The highest BCUT2D eigenvalue weighted by Gasteiger charge is 2.12. The van der Waals surface area contributed by atoms with Crippen LogP contribution < -0.4 is 20.1 Å². The number of hydrogen-bond acceptors (Lipinski definition) is 5. The number of rotatable bonds is 7. The van der Waals surface area contributed by atoms with Gasteiger partial charge in [0.15, 0.2) is 23.9 Å². The van der Waals surface area contributed by atoms with Crippen molar-refractivity contribution in [1.82, 2.24) is 0 Å². The molecule has 0 fully saturated rings. The van der Waals surface area contributed by atoms with Crippen LogP contribution in [0.1, 0.15) is 24.2 Å². The lowest BCUT2D eigenvalue weighted by Gasteiger charge is -2.14. The Balaban J connectivity index is 2.08. The van der Waals surface area contributed by atoms with E-state index >= 15 is 0 Å². The third kappa shape index (κ3) is 5.82. The average molecular weight is 435 g/mol. The Hall–Kier alpha value is -2.87. The second-order valence-corrected chi connectivity index (χ2v) is 6.55. The van der Waals surface area contributed by atoms with Gasteiger partial charge in [0, 0.05) is 17.0 Å². The van der Waals surface area contributed by atoms with Crippen molar-refractivity contribution in [2.45, 2.75) is 13.8 Å². The molecule has 2 rings (SSSR count). The van der Waals surface area contributed by atoms with Crippen LogP contribution in [0.15, 0.2) is 40.9 Å². The molecule has 0 heterocycles. The van der Waals surface area contributed by atoms with Crippen molar-refractivity contribution in [3.05, 3.63) is 46.4 Å². The Labute approximate surface area is 165 Å². The van der Waals surface area contributed by atoms with Gasteiger partial charge in [-0.1, -0.05) is 15.9 Å². The zero-order valence-corrected chi connectivity index (χ0v) is 16.7. The molecule has 142 valence electrons. The van der Waals surface area contributed by atoms with E-state index in [1.807, 2.05) is 0 Å². The minimum atomic E-state index is -0.419. The minimum absolute atomic E-state index is 0.0993. The number of carbonyl (C=O) groups is 3. The highest BCUT2D eigenvalue weighted by Crippen LogP contribution is 2.29. The monoisotopic (exact) mass is 434 g/mol. The predicted octanol–water partition coefficient (Wildman–Crippen LogP) is 3.64. The molecule has 0 aliphatic heterocycles. The average Bonchev–Trinajstić information content (AvgIpc) is 2.61. The molecular weight excluding hydrogens is 416 g/mol. The van der Waals surface area contributed by atoms with Crippen molar-refractivity contribution in [3.8, 4) is 11.5 Å². The lowest BCUT2D eigenvalue weighted by atomic mass is 10.1. The maximum atomic E-state index is 12.3. The third-order valence-electron chi connectivity index (χ3n) is 3.50. The van der Waals surface area contributed by atoms with Crippen molar-refractivity contribution in [1.29, 1.82) is 0 Å². The Bertz CT molecular complexity index is 882. The number of halogens is 1. The fourth-order valence-corrected chi connectivity index (χ4v) is 2.62. The van der Waals surface area contributed by atoms with Crippen molar-refractivity contribution >= 4 is 44.9 Å². The first-order valence-corrected chi connectivity index (χ1v) is 8.78. The SMILES string of the molecule is COc1cc(C(C)=O)ccc1OCC(=O)Nc1cc(Br)ccc1NC(C)=O. The Morgan fingerprint density at radius 2 is 1.70 bits per heavy atom. The number of hydrogen-bond donors (Lipinski definition) is 2. The fraction of sp³-hybridized carbons (Fsp3) is 0.211. The second-order valence-electron chi connectivity index (χ2n) is 5.63. The lowest BCUT2D eigenvalue weighted by Crippen LogP contribution is -2.21. The number of carbonyl (C=O) groups excluding carboxylic acids is 3. The van der Waals surface area contributed by atoms with Gasteiger partial charge in [-0.05, 0) is 43.3 Å². The van der Waals surface area contributed by atoms with Crippen LogP contribution in [-0.2, 0) is 9.59 Å². The summed E-state index contributed by atoms with van der Waals surface area (Å²) in [5.74, 6) is -0.0691. The van der Waals surface area contributed by atoms with Crippen LogP contribution in [0.5, 0.6) is 11.5 Å². The Kier molecular flexibility index (Phi) is 6.95. The first-order chi connectivity index (χ1) is 12.8. The highest BCUT2D eigenvalue weighted by atomic mass is 79.9. The number of amides is 2. The van der Waals surface area contributed by atoms with Crippen LogP contribution in [0.2, 0.25) is 0 Å². The van der Waals surface area contributed by atoms with Crippen LogP contribution in [-0.4, -0.2) is 31.3 Å². The van der Waals surface area contributed by atoms with Gasteiger partial charge in [-0.15, -0.1) is 0 Å². The molecule has 2 amide bonds. The Morgan fingerprint density at radius 1 is 0.963 bits per heavy atom. The van der Waals surface area contributed by atoms with Gasteiger partial charge in [0.05, 0.1) is 18.5 Å². The molecule has 2 aromatic rings. The standard InChI is InChI=1S/C19H19BrN2O5/c1-11(23)13-4-7-17(18(8-13)26-3)27-10-19(25)22-16-9-14(20)5-6-15(16)21-12(2)24/h4-9H,10H2,1-3H3,(H,21,24)(H,22,25). The molecule has 0 aromatic heterocycles. The van der Waals surface area contributed by atoms with Gasteiger partial charge in [0.25, 0.3) is 5.91 Å². The molecule has 0 unspecified atom stereocenters. The van der Waals surface area contributed by atoms with E-state index < -0.39 is 5.91 Å². The van der Waals surface area contributed by atoms with Gasteiger partial charge in [-0.25, -0.2) is 0 Å². The predicted molar refractivity (Wildman–Crippen MR) is 106 cm³/mol. The molecule has 0 aliphatic carbocycles.